The van der Waals surface area contributed by atoms with Crippen molar-refractivity contribution in [2.75, 3.05) is 7.11 Å². The Kier molecular flexibility index (Phi) is 3.25. The van der Waals surface area contributed by atoms with E-state index in [1.165, 1.54) is 19.2 Å². The van der Waals surface area contributed by atoms with Crippen molar-refractivity contribution in [2.24, 2.45) is 0 Å². The quantitative estimate of drug-likeness (QED) is 0.757. The number of halogens is 5. The van der Waals surface area contributed by atoms with Gasteiger partial charge in [-0.15, -0.1) is 0 Å². The highest BCUT2D eigenvalue weighted by atomic mass is 19.4. The van der Waals surface area contributed by atoms with Crippen molar-refractivity contribution in [1.82, 2.24) is 0 Å². The maximum Gasteiger partial charge on any atom is 0.499 e. The molecule has 1 rings (SSSR count). The molecule has 0 amide bonds. The van der Waals surface area contributed by atoms with Crippen LogP contribution in [0.15, 0.2) is 24.3 Å². The summed E-state index contributed by atoms with van der Waals surface area (Å²) in [6, 6.07) is 4.33. The van der Waals surface area contributed by atoms with Crippen molar-refractivity contribution in [2.45, 2.75) is 12.3 Å². The molecule has 0 N–H and O–H groups in total. The van der Waals surface area contributed by atoms with E-state index in [1.807, 2.05) is 0 Å². The first kappa shape index (κ1) is 12.5. The molecule has 0 saturated heterocycles. The summed E-state index contributed by atoms with van der Waals surface area (Å²) in [5, 5.41) is 0. The van der Waals surface area contributed by atoms with Gasteiger partial charge in [0, 0.05) is 0 Å². The second kappa shape index (κ2) is 4.15. The summed E-state index contributed by atoms with van der Waals surface area (Å²) < 4.78 is 68.4. The van der Waals surface area contributed by atoms with Gasteiger partial charge in [0.25, 0.3) is 0 Å². The highest BCUT2D eigenvalue weighted by molar-refractivity contribution is 5.31. The van der Waals surface area contributed by atoms with Gasteiger partial charge in [-0.05, 0) is 24.3 Å². The van der Waals surface area contributed by atoms with E-state index in [4.69, 9.17) is 4.74 Å². The first-order valence-corrected chi connectivity index (χ1v) is 4.04. The van der Waals surface area contributed by atoms with Gasteiger partial charge in [0.2, 0.25) is 0 Å². The molecule has 0 heterocycles. The Hall–Kier alpha value is -1.53. The largest absolute Gasteiger partial charge is 0.499 e. The number of rotatable bonds is 3. The summed E-state index contributed by atoms with van der Waals surface area (Å²) in [4.78, 5) is 0. The molecule has 0 aliphatic carbocycles. The Balaban J connectivity index is 2.80. The lowest BCUT2D eigenvalue weighted by Gasteiger charge is -2.20. The monoisotopic (exact) mass is 242 g/mol. The molecule has 0 aromatic heterocycles. The number of ether oxygens (including phenoxy) is 2. The fraction of sp³-hybridized carbons (Fsp3) is 0.333. The zero-order valence-electron chi connectivity index (χ0n) is 8.02. The lowest BCUT2D eigenvalue weighted by molar-refractivity contribution is -0.360. The molecule has 0 atom stereocenters. The van der Waals surface area contributed by atoms with Gasteiger partial charge in [-0.2, -0.15) is 22.0 Å². The Morgan fingerprint density at radius 1 is 0.875 bits per heavy atom. The molecule has 0 spiro atoms. The second-order valence-corrected chi connectivity index (χ2v) is 2.79. The summed E-state index contributed by atoms with van der Waals surface area (Å²) in [7, 11) is 1.33. The molecular weight excluding hydrogens is 235 g/mol. The van der Waals surface area contributed by atoms with E-state index in [0.29, 0.717) is 5.75 Å². The number of benzene rings is 1. The van der Waals surface area contributed by atoms with Crippen LogP contribution in [0.25, 0.3) is 0 Å². The van der Waals surface area contributed by atoms with E-state index in [1.54, 1.807) is 0 Å². The molecular formula is C9H7F5O2. The second-order valence-electron chi connectivity index (χ2n) is 2.79. The molecule has 0 bridgehead atoms. The standard InChI is InChI=1S/C9H7F5O2/c1-15-6-2-4-7(5-3-6)16-9(13,14)8(10,11)12/h2-5H,1H3. The zero-order chi connectivity index (χ0) is 12.4. The van der Waals surface area contributed by atoms with Crippen LogP contribution in [-0.4, -0.2) is 19.4 Å². The summed E-state index contributed by atoms with van der Waals surface area (Å²) in [5.41, 5.74) is 0. The van der Waals surface area contributed by atoms with Crippen LogP contribution in [0, 0.1) is 0 Å². The van der Waals surface area contributed by atoms with Crippen molar-refractivity contribution in [3.63, 3.8) is 0 Å². The molecule has 90 valence electrons. The Bertz CT molecular complexity index is 344. The highest BCUT2D eigenvalue weighted by Gasteiger charge is 2.61. The first-order valence-electron chi connectivity index (χ1n) is 4.04. The van der Waals surface area contributed by atoms with Gasteiger partial charge in [0.15, 0.2) is 0 Å². The predicted octanol–water partition coefficient (Wildman–Crippen LogP) is 3.23. The molecule has 1 aromatic rings. The number of methoxy groups -OCH3 is 1. The van der Waals surface area contributed by atoms with E-state index < -0.39 is 18.0 Å². The molecule has 0 fully saturated rings. The lowest BCUT2D eigenvalue weighted by atomic mass is 10.3. The van der Waals surface area contributed by atoms with Gasteiger partial charge in [0.05, 0.1) is 7.11 Å². The molecule has 0 saturated carbocycles. The summed E-state index contributed by atoms with van der Waals surface area (Å²) in [6.07, 6.45) is -10.9. The van der Waals surface area contributed by atoms with Crippen molar-refractivity contribution >= 4 is 0 Å². The average Bonchev–Trinajstić information content (AvgIpc) is 2.16. The van der Waals surface area contributed by atoms with Gasteiger partial charge in [-0.1, -0.05) is 0 Å². The van der Waals surface area contributed by atoms with Crippen molar-refractivity contribution in [3.8, 4) is 11.5 Å². The van der Waals surface area contributed by atoms with Crippen LogP contribution in [0.1, 0.15) is 0 Å². The van der Waals surface area contributed by atoms with Crippen molar-refractivity contribution in [3.05, 3.63) is 24.3 Å². The molecule has 0 aliphatic rings. The molecule has 0 radical (unpaired) electrons. The third kappa shape index (κ3) is 2.74. The minimum atomic E-state index is -5.74. The molecule has 16 heavy (non-hydrogen) atoms. The van der Waals surface area contributed by atoms with Gasteiger partial charge >= 0.3 is 12.3 Å². The highest BCUT2D eigenvalue weighted by Crippen LogP contribution is 2.37. The van der Waals surface area contributed by atoms with Gasteiger partial charge in [-0.25, -0.2) is 0 Å². The van der Waals surface area contributed by atoms with Crippen molar-refractivity contribution in [1.29, 1.82) is 0 Å². The Morgan fingerprint density at radius 2 is 1.31 bits per heavy atom. The lowest BCUT2D eigenvalue weighted by Crippen LogP contribution is -2.41. The van der Waals surface area contributed by atoms with Gasteiger partial charge in [0.1, 0.15) is 11.5 Å². The van der Waals surface area contributed by atoms with E-state index in [2.05, 4.69) is 4.74 Å². The summed E-state index contributed by atoms with van der Waals surface area (Å²) in [5.74, 6) is -0.272. The molecule has 7 heteroatoms. The third-order valence-electron chi connectivity index (χ3n) is 1.64. The van der Waals surface area contributed by atoms with E-state index in [-0.39, 0.29) is 0 Å². The maximum atomic E-state index is 12.4. The average molecular weight is 242 g/mol. The zero-order valence-corrected chi connectivity index (χ0v) is 8.02. The molecule has 0 unspecified atom stereocenters. The molecule has 0 aliphatic heterocycles. The fourth-order valence-electron chi connectivity index (χ4n) is 0.850. The van der Waals surface area contributed by atoms with Crippen LogP contribution >= 0.6 is 0 Å². The van der Waals surface area contributed by atoms with Crippen LogP contribution in [0.2, 0.25) is 0 Å². The minimum Gasteiger partial charge on any atom is -0.497 e. The van der Waals surface area contributed by atoms with E-state index in [0.717, 1.165) is 12.1 Å². The normalized spacial score (nSPS) is 12.4. The fourth-order valence-corrected chi connectivity index (χ4v) is 0.850. The van der Waals surface area contributed by atoms with Crippen molar-refractivity contribution < 1.29 is 31.4 Å². The van der Waals surface area contributed by atoms with Crippen LogP contribution < -0.4 is 9.47 Å². The third-order valence-corrected chi connectivity index (χ3v) is 1.64. The van der Waals surface area contributed by atoms with E-state index >= 15 is 0 Å². The van der Waals surface area contributed by atoms with Crippen LogP contribution in [0.4, 0.5) is 22.0 Å². The Morgan fingerprint density at radius 3 is 1.69 bits per heavy atom. The SMILES string of the molecule is COc1ccc(OC(F)(F)C(F)(F)F)cc1. The topological polar surface area (TPSA) is 18.5 Å². The molecule has 2 nitrogen and oxygen atoms in total. The first-order chi connectivity index (χ1) is 7.26. The minimum absolute atomic E-state index is 0.322. The number of hydrogen-bond acceptors (Lipinski definition) is 2. The van der Waals surface area contributed by atoms with Gasteiger partial charge < -0.3 is 9.47 Å². The Labute approximate surface area is 87.6 Å². The van der Waals surface area contributed by atoms with E-state index in [9.17, 15) is 22.0 Å². The predicted molar refractivity (Wildman–Crippen MR) is 44.6 cm³/mol. The van der Waals surface area contributed by atoms with Crippen LogP contribution in [0.5, 0.6) is 11.5 Å². The maximum absolute atomic E-state index is 12.4. The number of alkyl halides is 5. The van der Waals surface area contributed by atoms with Crippen LogP contribution in [0.3, 0.4) is 0 Å². The summed E-state index contributed by atoms with van der Waals surface area (Å²) in [6.45, 7) is 0. The van der Waals surface area contributed by atoms with Crippen LogP contribution in [-0.2, 0) is 0 Å². The smallest absolute Gasteiger partial charge is 0.497 e. The number of hydrogen-bond donors (Lipinski definition) is 0. The van der Waals surface area contributed by atoms with Gasteiger partial charge in [-0.3, -0.25) is 0 Å². The summed E-state index contributed by atoms with van der Waals surface area (Å²) >= 11 is 0. The molecule has 1 aromatic carbocycles.